The molecule has 0 unspecified atom stereocenters. The van der Waals surface area contributed by atoms with Crippen LogP contribution in [0.25, 0.3) is 0 Å². The maximum Gasteiger partial charge on any atom is 0.262 e. The van der Waals surface area contributed by atoms with Crippen molar-refractivity contribution in [3.8, 4) is 11.5 Å². The van der Waals surface area contributed by atoms with Gasteiger partial charge in [-0.3, -0.25) is 9.52 Å². The first-order chi connectivity index (χ1) is 15.8. The fourth-order valence-electron chi connectivity index (χ4n) is 3.21. The second kappa shape index (κ2) is 9.45. The standard InChI is InChI=1S/C23H20F2N2O5S/c24-17-10-15(11-18(25)12-17)14-26-23(28)16-2-4-19(5-3-16)27-33(29,30)20-6-7-21-22(13-20)32-9-1-8-31-21/h2-7,10-13,27H,1,8-9,14H2,(H,26,28). The van der Waals surface area contributed by atoms with E-state index in [2.05, 4.69) is 10.0 Å². The molecule has 7 nitrogen and oxygen atoms in total. The third kappa shape index (κ3) is 5.58. The number of amides is 1. The van der Waals surface area contributed by atoms with E-state index in [1.807, 2.05) is 0 Å². The van der Waals surface area contributed by atoms with Crippen LogP contribution in [0.5, 0.6) is 11.5 Å². The van der Waals surface area contributed by atoms with E-state index >= 15 is 0 Å². The van der Waals surface area contributed by atoms with Crippen LogP contribution < -0.4 is 19.5 Å². The van der Waals surface area contributed by atoms with Crippen molar-refractivity contribution in [2.45, 2.75) is 17.9 Å². The molecule has 172 valence electrons. The summed E-state index contributed by atoms with van der Waals surface area (Å²) in [5.41, 5.74) is 0.789. The molecule has 0 fully saturated rings. The summed E-state index contributed by atoms with van der Waals surface area (Å²) in [4.78, 5) is 12.3. The second-order valence-electron chi connectivity index (χ2n) is 7.30. The lowest BCUT2D eigenvalue weighted by molar-refractivity contribution is 0.0950. The highest BCUT2D eigenvalue weighted by Crippen LogP contribution is 2.32. The molecule has 1 amide bonds. The number of carbonyl (C=O) groups excluding carboxylic acids is 1. The molecule has 0 aliphatic carbocycles. The molecule has 1 heterocycles. The van der Waals surface area contributed by atoms with Crippen molar-refractivity contribution < 1.29 is 31.5 Å². The highest BCUT2D eigenvalue weighted by atomic mass is 32.2. The Balaban J connectivity index is 1.41. The summed E-state index contributed by atoms with van der Waals surface area (Å²) in [6.07, 6.45) is 0.702. The number of anilines is 1. The SMILES string of the molecule is O=C(NCc1cc(F)cc(F)c1)c1ccc(NS(=O)(=O)c2ccc3c(c2)OCCCO3)cc1. The molecule has 3 aromatic rings. The van der Waals surface area contributed by atoms with E-state index in [4.69, 9.17) is 9.47 Å². The molecule has 0 bridgehead atoms. The van der Waals surface area contributed by atoms with Crippen LogP contribution in [0.15, 0.2) is 65.6 Å². The topological polar surface area (TPSA) is 93.7 Å². The maximum atomic E-state index is 13.3. The van der Waals surface area contributed by atoms with Crippen LogP contribution in [0, 0.1) is 11.6 Å². The van der Waals surface area contributed by atoms with Gasteiger partial charge in [0.2, 0.25) is 0 Å². The highest BCUT2D eigenvalue weighted by Gasteiger charge is 2.19. The monoisotopic (exact) mass is 474 g/mol. The molecule has 0 saturated heterocycles. The lowest BCUT2D eigenvalue weighted by Gasteiger charge is -2.12. The van der Waals surface area contributed by atoms with Crippen molar-refractivity contribution in [3.05, 3.63) is 83.4 Å². The fourth-order valence-corrected chi connectivity index (χ4v) is 4.29. The van der Waals surface area contributed by atoms with Gasteiger partial charge in [-0.05, 0) is 54.1 Å². The average molecular weight is 474 g/mol. The van der Waals surface area contributed by atoms with Gasteiger partial charge in [0.1, 0.15) is 11.6 Å². The number of sulfonamides is 1. The number of hydrogen-bond donors (Lipinski definition) is 2. The molecule has 3 aromatic carbocycles. The van der Waals surface area contributed by atoms with Gasteiger partial charge in [0.25, 0.3) is 15.9 Å². The Morgan fingerprint density at radius 1 is 0.879 bits per heavy atom. The molecule has 0 saturated carbocycles. The Bertz CT molecular complexity index is 1260. The van der Waals surface area contributed by atoms with E-state index in [1.165, 1.54) is 36.4 Å². The Morgan fingerprint density at radius 3 is 2.24 bits per heavy atom. The van der Waals surface area contributed by atoms with Gasteiger partial charge in [0.05, 0.1) is 18.1 Å². The van der Waals surface area contributed by atoms with E-state index in [0.29, 0.717) is 31.1 Å². The Labute approximate surface area is 189 Å². The number of ether oxygens (including phenoxy) is 2. The number of rotatable bonds is 6. The van der Waals surface area contributed by atoms with Gasteiger partial charge in [0, 0.05) is 36.3 Å². The number of carbonyl (C=O) groups is 1. The molecule has 1 aliphatic rings. The summed E-state index contributed by atoms with van der Waals surface area (Å²) < 4.78 is 65.5. The third-order valence-electron chi connectivity index (χ3n) is 4.80. The van der Waals surface area contributed by atoms with E-state index < -0.39 is 27.6 Å². The van der Waals surface area contributed by atoms with E-state index in [9.17, 15) is 22.0 Å². The normalized spacial score (nSPS) is 13.2. The highest BCUT2D eigenvalue weighted by molar-refractivity contribution is 7.92. The number of nitrogens with one attached hydrogen (secondary N) is 2. The summed E-state index contributed by atoms with van der Waals surface area (Å²) >= 11 is 0. The van der Waals surface area contributed by atoms with Crippen LogP contribution >= 0.6 is 0 Å². The van der Waals surface area contributed by atoms with Gasteiger partial charge >= 0.3 is 0 Å². The molecule has 0 atom stereocenters. The molecule has 4 rings (SSSR count). The quantitative estimate of drug-likeness (QED) is 0.566. The minimum absolute atomic E-state index is 0.0101. The zero-order valence-corrected chi connectivity index (χ0v) is 18.1. The number of hydrogen-bond acceptors (Lipinski definition) is 5. The predicted octanol–water partition coefficient (Wildman–Crippen LogP) is 3.86. The number of halogens is 2. The van der Waals surface area contributed by atoms with Crippen LogP contribution in [0.2, 0.25) is 0 Å². The molecule has 1 aliphatic heterocycles. The minimum atomic E-state index is -3.90. The lowest BCUT2D eigenvalue weighted by atomic mass is 10.1. The first-order valence-corrected chi connectivity index (χ1v) is 11.5. The second-order valence-corrected chi connectivity index (χ2v) is 8.98. The van der Waals surface area contributed by atoms with Gasteiger partial charge in [-0.1, -0.05) is 0 Å². The number of fused-ring (bicyclic) bond motifs is 1. The molecule has 0 aromatic heterocycles. The van der Waals surface area contributed by atoms with Crippen LogP contribution in [0.3, 0.4) is 0 Å². The van der Waals surface area contributed by atoms with Crippen LogP contribution in [-0.4, -0.2) is 27.5 Å². The summed E-state index contributed by atoms with van der Waals surface area (Å²) in [5.74, 6) is -1.09. The van der Waals surface area contributed by atoms with Crippen molar-refractivity contribution in [1.29, 1.82) is 0 Å². The molecule has 0 radical (unpaired) electrons. The molecular formula is C23H20F2N2O5S. The molecule has 2 N–H and O–H groups in total. The van der Waals surface area contributed by atoms with Gasteiger partial charge in [-0.25, -0.2) is 17.2 Å². The summed E-state index contributed by atoms with van der Waals surface area (Å²) in [5, 5.41) is 2.56. The Morgan fingerprint density at radius 2 is 1.55 bits per heavy atom. The first kappa shape index (κ1) is 22.5. The zero-order chi connectivity index (χ0) is 23.4. The van der Waals surface area contributed by atoms with Crippen LogP contribution in [0.1, 0.15) is 22.3 Å². The van der Waals surface area contributed by atoms with E-state index in [1.54, 1.807) is 6.07 Å². The van der Waals surface area contributed by atoms with Crippen molar-refractivity contribution in [2.75, 3.05) is 17.9 Å². The largest absolute Gasteiger partial charge is 0.490 e. The first-order valence-electron chi connectivity index (χ1n) is 10.1. The molecule has 10 heteroatoms. The van der Waals surface area contributed by atoms with Crippen LogP contribution in [-0.2, 0) is 16.6 Å². The van der Waals surface area contributed by atoms with E-state index in [-0.39, 0.29) is 28.3 Å². The summed E-state index contributed by atoms with van der Waals surface area (Å²) in [6.45, 7) is 0.865. The third-order valence-corrected chi connectivity index (χ3v) is 6.18. The zero-order valence-electron chi connectivity index (χ0n) is 17.3. The van der Waals surface area contributed by atoms with Crippen molar-refractivity contribution in [2.24, 2.45) is 0 Å². The van der Waals surface area contributed by atoms with Gasteiger partial charge in [-0.15, -0.1) is 0 Å². The fraction of sp³-hybridized carbons (Fsp3) is 0.174. The summed E-state index contributed by atoms with van der Waals surface area (Å²) in [7, 11) is -3.90. The maximum absolute atomic E-state index is 13.3. The smallest absolute Gasteiger partial charge is 0.262 e. The van der Waals surface area contributed by atoms with Gasteiger partial charge in [-0.2, -0.15) is 0 Å². The minimum Gasteiger partial charge on any atom is -0.490 e. The Kier molecular flexibility index (Phi) is 6.45. The molecular weight excluding hydrogens is 454 g/mol. The number of benzene rings is 3. The lowest BCUT2D eigenvalue weighted by Crippen LogP contribution is -2.23. The molecule has 0 spiro atoms. The van der Waals surface area contributed by atoms with E-state index in [0.717, 1.165) is 18.2 Å². The van der Waals surface area contributed by atoms with Crippen LogP contribution in [0.4, 0.5) is 14.5 Å². The molecule has 33 heavy (non-hydrogen) atoms. The van der Waals surface area contributed by atoms with Crippen molar-refractivity contribution in [1.82, 2.24) is 5.32 Å². The Hall–Kier alpha value is -3.66. The van der Waals surface area contributed by atoms with Crippen molar-refractivity contribution >= 4 is 21.6 Å². The van der Waals surface area contributed by atoms with Gasteiger partial charge in [0.15, 0.2) is 11.5 Å². The van der Waals surface area contributed by atoms with Crippen molar-refractivity contribution in [3.63, 3.8) is 0 Å². The van der Waals surface area contributed by atoms with Gasteiger partial charge < -0.3 is 14.8 Å². The predicted molar refractivity (Wildman–Crippen MR) is 117 cm³/mol. The summed E-state index contributed by atoms with van der Waals surface area (Å²) in [6, 6.07) is 13.1. The average Bonchev–Trinajstić information content (AvgIpc) is 3.02.